The zero-order valence-electron chi connectivity index (χ0n) is 17.9. The molecule has 2 aliphatic rings. The lowest BCUT2D eigenvalue weighted by molar-refractivity contribution is -0.122. The number of carbonyl (C=O) groups excluding carboxylic acids is 3. The molecular weight excluding hydrogens is 378 g/mol. The van der Waals surface area contributed by atoms with E-state index in [9.17, 15) is 14.4 Å². The molecule has 0 bridgehead atoms. The minimum Gasteiger partial charge on any atom is -0.346 e. The highest BCUT2D eigenvalue weighted by atomic mass is 16.2. The van der Waals surface area contributed by atoms with Crippen molar-refractivity contribution in [2.75, 3.05) is 4.90 Å². The molecule has 30 heavy (non-hydrogen) atoms. The van der Waals surface area contributed by atoms with E-state index < -0.39 is 17.8 Å². The SMILES string of the molecule is Cc1cccc(N2C(=O)NC(=O)/C(=C\c3cc(C)n(C4CCCC4)c3C)C2=O)c1C. The molecule has 1 saturated carbocycles. The first kappa shape index (κ1) is 20.1. The standard InChI is InChI=1S/C24H27N3O3/c1-14-8-7-11-21(16(14)3)27-23(29)20(22(28)25-24(27)30)13-18-12-15(2)26(17(18)4)19-9-5-6-10-19/h7-8,11-13,19H,5-6,9-10H2,1-4H3,(H,25,28,30)/b20-13+. The number of hydrogen-bond acceptors (Lipinski definition) is 3. The molecule has 1 aliphatic carbocycles. The minimum atomic E-state index is -0.715. The van der Waals surface area contributed by atoms with Crippen molar-refractivity contribution in [3.05, 3.63) is 57.9 Å². The Morgan fingerprint density at radius 3 is 2.43 bits per heavy atom. The molecule has 1 aromatic carbocycles. The summed E-state index contributed by atoms with van der Waals surface area (Å²) in [6.45, 7) is 7.86. The molecule has 2 heterocycles. The molecule has 1 saturated heterocycles. The Kier molecular flexibility index (Phi) is 5.10. The van der Waals surface area contributed by atoms with Crippen LogP contribution in [0.5, 0.6) is 0 Å². The zero-order valence-corrected chi connectivity index (χ0v) is 17.9. The number of hydrogen-bond donors (Lipinski definition) is 1. The summed E-state index contributed by atoms with van der Waals surface area (Å²) in [5.74, 6) is -1.25. The molecule has 0 atom stereocenters. The van der Waals surface area contributed by atoms with Gasteiger partial charge in [0.2, 0.25) is 0 Å². The molecule has 1 N–H and O–H groups in total. The fraction of sp³-hybridized carbons (Fsp3) is 0.375. The lowest BCUT2D eigenvalue weighted by Gasteiger charge is -2.28. The number of benzene rings is 1. The number of rotatable bonds is 3. The fourth-order valence-corrected chi connectivity index (χ4v) is 4.68. The van der Waals surface area contributed by atoms with Gasteiger partial charge in [-0.2, -0.15) is 0 Å². The number of anilines is 1. The van der Waals surface area contributed by atoms with Crippen molar-refractivity contribution in [3.63, 3.8) is 0 Å². The second kappa shape index (κ2) is 7.59. The van der Waals surface area contributed by atoms with Crippen LogP contribution in [0, 0.1) is 27.7 Å². The van der Waals surface area contributed by atoms with Gasteiger partial charge in [0, 0.05) is 17.4 Å². The van der Waals surface area contributed by atoms with Crippen LogP contribution in [0.25, 0.3) is 6.08 Å². The Labute approximate surface area is 176 Å². The predicted molar refractivity (Wildman–Crippen MR) is 116 cm³/mol. The molecule has 6 nitrogen and oxygen atoms in total. The van der Waals surface area contributed by atoms with E-state index in [0.717, 1.165) is 45.8 Å². The van der Waals surface area contributed by atoms with Gasteiger partial charge in [-0.3, -0.25) is 14.9 Å². The number of nitrogens with one attached hydrogen (secondary N) is 1. The summed E-state index contributed by atoms with van der Waals surface area (Å²) in [6, 6.07) is 7.21. The molecule has 4 amide bonds. The van der Waals surface area contributed by atoms with Crippen LogP contribution < -0.4 is 10.2 Å². The highest BCUT2D eigenvalue weighted by Gasteiger charge is 2.37. The van der Waals surface area contributed by atoms with Crippen LogP contribution >= 0.6 is 0 Å². The maximum atomic E-state index is 13.2. The van der Waals surface area contributed by atoms with Crippen LogP contribution in [-0.4, -0.2) is 22.4 Å². The van der Waals surface area contributed by atoms with Crippen molar-refractivity contribution >= 4 is 29.6 Å². The number of aromatic nitrogens is 1. The average Bonchev–Trinajstić information content (AvgIpc) is 3.30. The van der Waals surface area contributed by atoms with Crippen molar-refractivity contribution in [1.29, 1.82) is 0 Å². The van der Waals surface area contributed by atoms with Crippen LogP contribution in [0.2, 0.25) is 0 Å². The van der Waals surface area contributed by atoms with Crippen LogP contribution in [0.15, 0.2) is 29.8 Å². The quantitative estimate of drug-likeness (QED) is 0.604. The predicted octanol–water partition coefficient (Wildman–Crippen LogP) is 4.50. The number of urea groups is 1. The van der Waals surface area contributed by atoms with Gasteiger partial charge in [-0.05, 0) is 75.4 Å². The van der Waals surface area contributed by atoms with E-state index in [1.807, 2.05) is 32.9 Å². The van der Waals surface area contributed by atoms with Crippen molar-refractivity contribution in [1.82, 2.24) is 9.88 Å². The highest BCUT2D eigenvalue weighted by molar-refractivity contribution is 6.39. The summed E-state index contributed by atoms with van der Waals surface area (Å²) in [6.07, 6.45) is 6.38. The molecule has 1 aromatic heterocycles. The summed E-state index contributed by atoms with van der Waals surface area (Å²) in [5, 5.41) is 2.32. The van der Waals surface area contributed by atoms with Crippen LogP contribution in [0.4, 0.5) is 10.5 Å². The summed E-state index contributed by atoms with van der Waals surface area (Å²) in [5.41, 5.74) is 5.27. The first-order valence-corrected chi connectivity index (χ1v) is 10.5. The van der Waals surface area contributed by atoms with Gasteiger partial charge in [-0.1, -0.05) is 25.0 Å². The number of aryl methyl sites for hydroxylation is 2. The molecule has 2 fully saturated rings. The normalized spacial score (nSPS) is 19.1. The van der Waals surface area contributed by atoms with Crippen molar-refractivity contribution < 1.29 is 14.4 Å². The fourth-order valence-electron chi connectivity index (χ4n) is 4.68. The monoisotopic (exact) mass is 405 g/mol. The van der Waals surface area contributed by atoms with Crippen LogP contribution in [0.1, 0.15) is 59.8 Å². The minimum absolute atomic E-state index is 0.0258. The maximum Gasteiger partial charge on any atom is 0.335 e. The summed E-state index contributed by atoms with van der Waals surface area (Å²) in [7, 11) is 0. The van der Waals surface area contributed by atoms with E-state index in [0.29, 0.717) is 11.7 Å². The molecule has 2 aromatic rings. The summed E-state index contributed by atoms with van der Waals surface area (Å²) >= 11 is 0. The Morgan fingerprint density at radius 1 is 1.03 bits per heavy atom. The van der Waals surface area contributed by atoms with Gasteiger partial charge in [-0.15, -0.1) is 0 Å². The first-order chi connectivity index (χ1) is 14.3. The second-order valence-electron chi connectivity index (χ2n) is 8.31. The summed E-state index contributed by atoms with van der Waals surface area (Å²) < 4.78 is 2.32. The number of barbiturate groups is 1. The Bertz CT molecular complexity index is 1090. The van der Waals surface area contributed by atoms with E-state index in [2.05, 4.69) is 16.8 Å². The number of nitrogens with zero attached hydrogens (tertiary/aromatic N) is 2. The second-order valence-corrected chi connectivity index (χ2v) is 8.31. The molecule has 0 unspecified atom stereocenters. The molecule has 1 aliphatic heterocycles. The highest BCUT2D eigenvalue weighted by Crippen LogP contribution is 2.34. The zero-order chi connectivity index (χ0) is 21.6. The average molecular weight is 405 g/mol. The third-order valence-electron chi connectivity index (χ3n) is 6.43. The largest absolute Gasteiger partial charge is 0.346 e. The Balaban J connectivity index is 1.75. The maximum absolute atomic E-state index is 13.2. The topological polar surface area (TPSA) is 71.4 Å². The molecule has 0 spiro atoms. The van der Waals surface area contributed by atoms with Gasteiger partial charge < -0.3 is 4.57 Å². The van der Waals surface area contributed by atoms with E-state index in [1.54, 1.807) is 18.2 Å². The van der Waals surface area contributed by atoms with E-state index in [4.69, 9.17) is 0 Å². The first-order valence-electron chi connectivity index (χ1n) is 10.5. The van der Waals surface area contributed by atoms with E-state index in [-0.39, 0.29) is 5.57 Å². The third kappa shape index (κ3) is 3.26. The van der Waals surface area contributed by atoms with Gasteiger partial charge in [0.25, 0.3) is 11.8 Å². The van der Waals surface area contributed by atoms with Crippen LogP contribution in [0.3, 0.4) is 0 Å². The lowest BCUT2D eigenvalue weighted by atomic mass is 10.0. The molecule has 0 radical (unpaired) electrons. The Morgan fingerprint density at radius 2 is 1.73 bits per heavy atom. The third-order valence-corrected chi connectivity index (χ3v) is 6.43. The smallest absolute Gasteiger partial charge is 0.335 e. The molecular formula is C24H27N3O3. The van der Waals surface area contributed by atoms with Gasteiger partial charge in [0.15, 0.2) is 0 Å². The van der Waals surface area contributed by atoms with Crippen molar-refractivity contribution in [2.24, 2.45) is 0 Å². The number of amides is 4. The molecule has 6 heteroatoms. The van der Waals surface area contributed by atoms with E-state index in [1.165, 1.54) is 12.8 Å². The van der Waals surface area contributed by atoms with Crippen LogP contribution in [-0.2, 0) is 9.59 Å². The molecule has 4 rings (SSSR count). The van der Waals surface area contributed by atoms with Crippen molar-refractivity contribution in [3.8, 4) is 0 Å². The van der Waals surface area contributed by atoms with Gasteiger partial charge in [0.1, 0.15) is 5.57 Å². The van der Waals surface area contributed by atoms with Gasteiger partial charge in [0.05, 0.1) is 5.69 Å². The Hall–Kier alpha value is -3.15. The van der Waals surface area contributed by atoms with E-state index >= 15 is 0 Å². The number of carbonyl (C=O) groups is 3. The molecule has 156 valence electrons. The van der Waals surface area contributed by atoms with Crippen molar-refractivity contribution in [2.45, 2.75) is 59.4 Å². The van der Waals surface area contributed by atoms with Gasteiger partial charge in [-0.25, -0.2) is 9.69 Å². The number of imide groups is 2. The van der Waals surface area contributed by atoms with Gasteiger partial charge >= 0.3 is 6.03 Å². The lowest BCUT2D eigenvalue weighted by Crippen LogP contribution is -2.54. The summed E-state index contributed by atoms with van der Waals surface area (Å²) in [4.78, 5) is 39.4.